The van der Waals surface area contributed by atoms with Crippen LogP contribution < -0.4 is 4.72 Å². The van der Waals surface area contributed by atoms with E-state index < -0.39 is 10.0 Å². The van der Waals surface area contributed by atoms with Crippen molar-refractivity contribution in [2.24, 2.45) is 0 Å². The number of hydrogen-bond acceptors (Lipinski definition) is 5. The highest BCUT2D eigenvalue weighted by molar-refractivity contribution is 7.89. The van der Waals surface area contributed by atoms with Gasteiger partial charge in [0.2, 0.25) is 21.8 Å². The molecule has 108 valence electrons. The fourth-order valence-corrected chi connectivity index (χ4v) is 2.20. The lowest BCUT2D eigenvalue weighted by molar-refractivity contribution is 0.502. The molecule has 0 fully saturated rings. The number of aromatic nitrogens is 2. The largest absolute Gasteiger partial charge is 0.421 e. The van der Waals surface area contributed by atoms with Gasteiger partial charge in [-0.1, -0.05) is 17.7 Å². The van der Waals surface area contributed by atoms with E-state index >= 15 is 0 Å². The molecule has 0 radical (unpaired) electrons. The van der Waals surface area contributed by atoms with Gasteiger partial charge >= 0.3 is 0 Å². The lowest BCUT2D eigenvalue weighted by Gasteiger charge is -2.01. The Balaban J connectivity index is 1.97. The second-order valence-electron chi connectivity index (χ2n) is 4.41. The molecule has 1 heterocycles. The van der Waals surface area contributed by atoms with E-state index in [0.29, 0.717) is 18.2 Å². The quantitative estimate of drug-likeness (QED) is 0.873. The van der Waals surface area contributed by atoms with Crippen LogP contribution in [0.1, 0.15) is 18.4 Å². The molecule has 0 unspecified atom stereocenters. The molecule has 6 nitrogen and oxygen atoms in total. The molecule has 7 heteroatoms. The number of benzene rings is 1. The van der Waals surface area contributed by atoms with Gasteiger partial charge in [-0.2, -0.15) is 0 Å². The number of hydrogen-bond donors (Lipinski definition) is 1. The molecular formula is C13H17N3O3S. The first kappa shape index (κ1) is 14.7. The fourth-order valence-electron chi connectivity index (χ4n) is 1.58. The Morgan fingerprint density at radius 2 is 1.90 bits per heavy atom. The Morgan fingerprint density at radius 3 is 2.55 bits per heavy atom. The number of aryl methyl sites for hydroxylation is 1. The van der Waals surface area contributed by atoms with Crippen molar-refractivity contribution < 1.29 is 12.8 Å². The number of nitrogens with zero attached hydrogens (tertiary/aromatic N) is 2. The van der Waals surface area contributed by atoms with E-state index in [-0.39, 0.29) is 12.3 Å². The zero-order valence-electron chi connectivity index (χ0n) is 11.5. The maximum atomic E-state index is 11.3. The molecule has 0 saturated heterocycles. The Hall–Kier alpha value is -1.73. The van der Waals surface area contributed by atoms with Crippen LogP contribution in [0.5, 0.6) is 0 Å². The predicted molar refractivity (Wildman–Crippen MR) is 75.6 cm³/mol. The molecule has 0 aliphatic heterocycles. The van der Waals surface area contributed by atoms with Gasteiger partial charge in [-0.3, -0.25) is 0 Å². The monoisotopic (exact) mass is 295 g/mol. The highest BCUT2D eigenvalue weighted by atomic mass is 32.2. The van der Waals surface area contributed by atoms with E-state index in [1.807, 2.05) is 31.2 Å². The summed E-state index contributed by atoms with van der Waals surface area (Å²) in [5.74, 6) is 0.920. The first-order valence-electron chi connectivity index (χ1n) is 6.37. The molecule has 2 rings (SSSR count). The smallest absolute Gasteiger partial charge is 0.247 e. The normalized spacial score (nSPS) is 11.7. The van der Waals surface area contributed by atoms with E-state index in [2.05, 4.69) is 14.9 Å². The van der Waals surface area contributed by atoms with Crippen molar-refractivity contribution in [3.05, 3.63) is 35.7 Å². The summed E-state index contributed by atoms with van der Waals surface area (Å²) in [4.78, 5) is 0. The van der Waals surface area contributed by atoms with Crippen LogP contribution in [0.3, 0.4) is 0 Å². The molecule has 20 heavy (non-hydrogen) atoms. The summed E-state index contributed by atoms with van der Waals surface area (Å²) in [7, 11) is -3.18. The molecule has 0 amide bonds. The summed E-state index contributed by atoms with van der Waals surface area (Å²) >= 11 is 0. The maximum Gasteiger partial charge on any atom is 0.247 e. The lowest BCUT2D eigenvalue weighted by Crippen LogP contribution is -2.27. The third-order valence-corrected chi connectivity index (χ3v) is 4.21. The molecule has 0 bridgehead atoms. The van der Waals surface area contributed by atoms with Crippen molar-refractivity contribution in [3.63, 3.8) is 0 Å². The van der Waals surface area contributed by atoms with E-state index in [1.165, 1.54) is 0 Å². The molecule has 0 atom stereocenters. The minimum atomic E-state index is -3.18. The van der Waals surface area contributed by atoms with Crippen LogP contribution in [-0.4, -0.2) is 30.9 Å². The molecular weight excluding hydrogens is 278 g/mol. The van der Waals surface area contributed by atoms with Crippen LogP contribution in [0.4, 0.5) is 0 Å². The van der Waals surface area contributed by atoms with Crippen molar-refractivity contribution >= 4 is 10.0 Å². The number of sulfonamides is 1. The molecule has 0 aliphatic carbocycles. The van der Waals surface area contributed by atoms with E-state index in [9.17, 15) is 8.42 Å². The van der Waals surface area contributed by atoms with Gasteiger partial charge in [0.1, 0.15) is 0 Å². The summed E-state index contributed by atoms with van der Waals surface area (Å²) in [6.45, 7) is 3.85. The van der Waals surface area contributed by atoms with Crippen LogP contribution in [0.15, 0.2) is 28.7 Å². The topological polar surface area (TPSA) is 85.1 Å². The van der Waals surface area contributed by atoms with Gasteiger partial charge < -0.3 is 4.42 Å². The first-order chi connectivity index (χ1) is 9.50. The lowest BCUT2D eigenvalue weighted by atomic mass is 10.1. The molecule has 1 aromatic heterocycles. The zero-order chi connectivity index (χ0) is 14.6. The van der Waals surface area contributed by atoms with Gasteiger partial charge in [0.15, 0.2) is 0 Å². The Bertz CT molecular complexity index is 662. The second-order valence-corrected chi connectivity index (χ2v) is 6.51. The number of nitrogens with one attached hydrogen (secondary N) is 1. The summed E-state index contributed by atoms with van der Waals surface area (Å²) < 4.78 is 30.5. The van der Waals surface area contributed by atoms with Crippen LogP contribution in [-0.2, 0) is 16.4 Å². The number of rotatable bonds is 6. The van der Waals surface area contributed by atoms with Gasteiger partial charge in [-0.25, -0.2) is 13.1 Å². The second kappa shape index (κ2) is 6.15. The van der Waals surface area contributed by atoms with Gasteiger partial charge in [-0.15, -0.1) is 10.2 Å². The van der Waals surface area contributed by atoms with Crippen molar-refractivity contribution in [2.75, 3.05) is 12.3 Å². The highest BCUT2D eigenvalue weighted by Crippen LogP contribution is 2.18. The summed E-state index contributed by atoms with van der Waals surface area (Å²) in [5.41, 5.74) is 2.01. The first-order valence-corrected chi connectivity index (χ1v) is 8.02. The summed E-state index contributed by atoms with van der Waals surface area (Å²) in [5, 5.41) is 7.87. The third kappa shape index (κ3) is 3.88. The van der Waals surface area contributed by atoms with Crippen LogP contribution >= 0.6 is 0 Å². The average molecular weight is 295 g/mol. The van der Waals surface area contributed by atoms with Gasteiger partial charge in [0.25, 0.3) is 0 Å². The zero-order valence-corrected chi connectivity index (χ0v) is 12.3. The molecule has 0 spiro atoms. The highest BCUT2D eigenvalue weighted by Gasteiger charge is 2.10. The Labute approximate surface area is 118 Å². The van der Waals surface area contributed by atoms with Gasteiger partial charge in [-0.05, 0) is 26.0 Å². The van der Waals surface area contributed by atoms with E-state index in [0.717, 1.165) is 11.1 Å². The molecule has 2 aromatic rings. The van der Waals surface area contributed by atoms with Gasteiger partial charge in [0.05, 0.1) is 5.75 Å². The van der Waals surface area contributed by atoms with E-state index in [4.69, 9.17) is 4.42 Å². The van der Waals surface area contributed by atoms with Crippen LogP contribution in [0.25, 0.3) is 11.5 Å². The summed E-state index contributed by atoms with van der Waals surface area (Å²) in [6, 6.07) is 7.75. The minimum Gasteiger partial charge on any atom is -0.421 e. The fraction of sp³-hybridized carbons (Fsp3) is 0.385. The molecule has 1 aromatic carbocycles. The summed E-state index contributed by atoms with van der Waals surface area (Å²) in [6.07, 6.45) is 0.373. The Morgan fingerprint density at radius 1 is 1.20 bits per heavy atom. The Kier molecular flexibility index (Phi) is 4.51. The van der Waals surface area contributed by atoms with Crippen LogP contribution in [0.2, 0.25) is 0 Å². The van der Waals surface area contributed by atoms with Crippen molar-refractivity contribution in [1.82, 2.24) is 14.9 Å². The van der Waals surface area contributed by atoms with Crippen molar-refractivity contribution in [2.45, 2.75) is 20.3 Å². The van der Waals surface area contributed by atoms with Gasteiger partial charge in [0, 0.05) is 18.5 Å². The maximum absolute atomic E-state index is 11.3. The molecule has 0 aliphatic rings. The minimum absolute atomic E-state index is 0.0610. The van der Waals surface area contributed by atoms with Crippen LogP contribution in [0, 0.1) is 6.92 Å². The van der Waals surface area contributed by atoms with E-state index in [1.54, 1.807) is 6.92 Å². The van der Waals surface area contributed by atoms with Crippen molar-refractivity contribution in [1.29, 1.82) is 0 Å². The SMILES string of the molecule is CCS(=O)(=O)NCCc1nnc(-c2ccc(C)cc2)o1. The standard InChI is InChI=1S/C13H17N3O3S/c1-3-20(17,18)14-9-8-12-15-16-13(19-12)11-6-4-10(2)5-7-11/h4-7,14H,3,8-9H2,1-2H3. The third-order valence-electron chi connectivity index (χ3n) is 2.81. The predicted octanol–water partition coefficient (Wildman–Crippen LogP) is 1.53. The molecule has 0 saturated carbocycles. The molecule has 1 N–H and O–H groups in total. The average Bonchev–Trinajstić information content (AvgIpc) is 2.88. The van der Waals surface area contributed by atoms with Crippen molar-refractivity contribution in [3.8, 4) is 11.5 Å².